The van der Waals surface area contributed by atoms with Crippen molar-refractivity contribution in [3.8, 4) is 5.75 Å². The van der Waals surface area contributed by atoms with Crippen LogP contribution in [-0.2, 0) is 6.61 Å². The number of benzene rings is 2. The van der Waals surface area contributed by atoms with E-state index in [1.54, 1.807) is 36.4 Å². The number of ether oxygens (including phenoxy) is 1. The SMILES string of the molecule is NC(=O)c1cccc(COc2c(N)cccc2C(=O)O)c1. The Bertz CT molecular complexity index is 698. The van der Waals surface area contributed by atoms with Crippen LogP contribution in [0.5, 0.6) is 5.75 Å². The minimum absolute atomic E-state index is 0.0129. The molecular weight excluding hydrogens is 272 g/mol. The van der Waals surface area contributed by atoms with E-state index in [0.29, 0.717) is 11.1 Å². The monoisotopic (exact) mass is 286 g/mol. The standard InChI is InChI=1S/C15H14N2O4/c16-12-6-2-5-11(15(19)20)13(12)21-8-9-3-1-4-10(7-9)14(17)18/h1-7H,8,16H2,(H2,17,18)(H,19,20). The first-order chi connectivity index (χ1) is 9.99. The number of primary amides is 1. The van der Waals surface area contributed by atoms with E-state index in [4.69, 9.17) is 21.3 Å². The van der Waals surface area contributed by atoms with Crippen LogP contribution in [0.3, 0.4) is 0 Å². The zero-order chi connectivity index (χ0) is 15.4. The van der Waals surface area contributed by atoms with Crippen molar-refractivity contribution in [3.63, 3.8) is 0 Å². The summed E-state index contributed by atoms with van der Waals surface area (Å²) in [7, 11) is 0. The summed E-state index contributed by atoms with van der Waals surface area (Å²) in [5, 5.41) is 9.11. The third-order valence-corrected chi connectivity index (χ3v) is 2.87. The van der Waals surface area contributed by atoms with Gasteiger partial charge in [0.15, 0.2) is 5.75 Å². The molecule has 5 N–H and O–H groups in total. The van der Waals surface area contributed by atoms with Crippen molar-refractivity contribution in [1.82, 2.24) is 0 Å². The lowest BCUT2D eigenvalue weighted by molar-refractivity contribution is 0.0691. The van der Waals surface area contributed by atoms with Crippen LogP contribution in [0.2, 0.25) is 0 Å². The average molecular weight is 286 g/mol. The number of amides is 1. The highest BCUT2D eigenvalue weighted by Crippen LogP contribution is 2.27. The molecule has 2 aromatic carbocycles. The fourth-order valence-corrected chi connectivity index (χ4v) is 1.85. The topological polar surface area (TPSA) is 116 Å². The maximum absolute atomic E-state index is 11.1. The molecule has 0 radical (unpaired) electrons. The number of carbonyl (C=O) groups excluding carboxylic acids is 1. The molecule has 2 aromatic rings. The van der Waals surface area contributed by atoms with Crippen molar-refractivity contribution in [1.29, 1.82) is 0 Å². The van der Waals surface area contributed by atoms with Gasteiger partial charge >= 0.3 is 5.97 Å². The Hall–Kier alpha value is -3.02. The van der Waals surface area contributed by atoms with E-state index in [-0.39, 0.29) is 23.6 Å². The number of nitrogen functional groups attached to an aromatic ring is 1. The first kappa shape index (κ1) is 14.4. The average Bonchev–Trinajstić information content (AvgIpc) is 2.46. The lowest BCUT2D eigenvalue weighted by Gasteiger charge is -2.12. The molecule has 0 aliphatic rings. The summed E-state index contributed by atoms with van der Waals surface area (Å²) in [6.45, 7) is 0.0790. The second-order valence-electron chi connectivity index (χ2n) is 4.38. The predicted molar refractivity (Wildman–Crippen MR) is 77.1 cm³/mol. The van der Waals surface area contributed by atoms with Gasteiger partial charge in [-0.2, -0.15) is 0 Å². The van der Waals surface area contributed by atoms with Crippen molar-refractivity contribution in [2.75, 3.05) is 5.73 Å². The molecule has 0 aliphatic carbocycles. The molecule has 0 saturated carbocycles. The molecule has 2 rings (SSSR count). The van der Waals surface area contributed by atoms with Crippen LogP contribution < -0.4 is 16.2 Å². The van der Waals surface area contributed by atoms with Gasteiger partial charge in [-0.1, -0.05) is 18.2 Å². The van der Waals surface area contributed by atoms with Crippen LogP contribution >= 0.6 is 0 Å². The van der Waals surface area contributed by atoms with E-state index in [9.17, 15) is 9.59 Å². The van der Waals surface area contributed by atoms with Gasteiger partial charge in [-0.25, -0.2) is 4.79 Å². The van der Waals surface area contributed by atoms with Crippen molar-refractivity contribution in [3.05, 3.63) is 59.2 Å². The van der Waals surface area contributed by atoms with Gasteiger partial charge < -0.3 is 21.3 Å². The smallest absolute Gasteiger partial charge is 0.339 e. The van der Waals surface area contributed by atoms with Crippen molar-refractivity contribution in [2.45, 2.75) is 6.61 Å². The molecule has 0 bridgehead atoms. The number of nitrogens with two attached hydrogens (primary N) is 2. The molecule has 21 heavy (non-hydrogen) atoms. The van der Waals surface area contributed by atoms with Crippen LogP contribution in [0.4, 0.5) is 5.69 Å². The highest BCUT2D eigenvalue weighted by Gasteiger charge is 2.14. The lowest BCUT2D eigenvalue weighted by Crippen LogP contribution is -2.11. The second-order valence-corrected chi connectivity index (χ2v) is 4.38. The number of carbonyl (C=O) groups is 2. The summed E-state index contributed by atoms with van der Waals surface area (Å²) in [6.07, 6.45) is 0. The van der Waals surface area contributed by atoms with E-state index >= 15 is 0 Å². The Balaban J connectivity index is 2.22. The van der Waals surface area contributed by atoms with E-state index < -0.39 is 11.9 Å². The van der Waals surface area contributed by atoms with Crippen molar-refractivity contribution < 1.29 is 19.4 Å². The first-order valence-electron chi connectivity index (χ1n) is 6.12. The quantitative estimate of drug-likeness (QED) is 0.723. The number of para-hydroxylation sites is 1. The van der Waals surface area contributed by atoms with Gasteiger partial charge in [0.05, 0.1) is 5.69 Å². The normalized spacial score (nSPS) is 10.1. The van der Waals surface area contributed by atoms with Gasteiger partial charge in [-0.3, -0.25) is 4.79 Å². The number of rotatable bonds is 5. The summed E-state index contributed by atoms with van der Waals surface area (Å²) in [5.74, 6) is -1.56. The molecule has 6 nitrogen and oxygen atoms in total. The number of hydrogen-bond acceptors (Lipinski definition) is 4. The number of aromatic carboxylic acids is 1. The minimum atomic E-state index is -1.12. The fraction of sp³-hybridized carbons (Fsp3) is 0.0667. The summed E-state index contributed by atoms with van der Waals surface area (Å²) < 4.78 is 5.49. The van der Waals surface area contributed by atoms with Crippen LogP contribution in [0, 0.1) is 0 Å². The third kappa shape index (κ3) is 3.30. The Morgan fingerprint density at radius 2 is 1.86 bits per heavy atom. The molecule has 6 heteroatoms. The number of anilines is 1. The first-order valence-corrected chi connectivity index (χ1v) is 6.12. The van der Waals surface area contributed by atoms with E-state index in [0.717, 1.165) is 0 Å². The molecule has 0 aliphatic heterocycles. The van der Waals surface area contributed by atoms with Crippen LogP contribution in [0.15, 0.2) is 42.5 Å². The van der Waals surface area contributed by atoms with Gasteiger partial charge in [0, 0.05) is 5.56 Å². The minimum Gasteiger partial charge on any atom is -0.486 e. The maximum atomic E-state index is 11.1. The Morgan fingerprint density at radius 1 is 1.14 bits per heavy atom. The summed E-state index contributed by atoms with van der Waals surface area (Å²) in [6, 6.07) is 11.1. The molecule has 0 fully saturated rings. The van der Waals surface area contributed by atoms with Crippen LogP contribution in [-0.4, -0.2) is 17.0 Å². The zero-order valence-corrected chi connectivity index (χ0v) is 11.1. The van der Waals surface area contributed by atoms with Crippen LogP contribution in [0.25, 0.3) is 0 Å². The largest absolute Gasteiger partial charge is 0.486 e. The highest BCUT2D eigenvalue weighted by atomic mass is 16.5. The Labute approximate surface area is 120 Å². The fourth-order valence-electron chi connectivity index (χ4n) is 1.85. The second kappa shape index (κ2) is 5.96. The Kier molecular flexibility index (Phi) is 4.08. The number of hydrogen-bond donors (Lipinski definition) is 3. The van der Waals surface area contributed by atoms with Gasteiger partial charge in [0.25, 0.3) is 0 Å². The predicted octanol–water partition coefficient (Wildman–Crippen LogP) is 1.64. The molecule has 0 heterocycles. The summed E-state index contributed by atoms with van der Waals surface area (Å²) in [4.78, 5) is 22.2. The van der Waals surface area contributed by atoms with Crippen molar-refractivity contribution in [2.24, 2.45) is 5.73 Å². The van der Waals surface area contributed by atoms with E-state index in [1.807, 2.05) is 0 Å². The van der Waals surface area contributed by atoms with Gasteiger partial charge in [-0.15, -0.1) is 0 Å². The molecule has 0 spiro atoms. The third-order valence-electron chi connectivity index (χ3n) is 2.87. The molecule has 0 aromatic heterocycles. The zero-order valence-electron chi connectivity index (χ0n) is 11.1. The number of carboxylic acids is 1. The summed E-state index contributed by atoms with van der Waals surface area (Å²) >= 11 is 0. The molecule has 0 atom stereocenters. The van der Waals surface area contributed by atoms with Crippen molar-refractivity contribution >= 4 is 17.6 Å². The Morgan fingerprint density at radius 3 is 2.52 bits per heavy atom. The molecule has 1 amide bonds. The van der Waals surface area contributed by atoms with Gasteiger partial charge in [-0.05, 0) is 29.8 Å². The van der Waals surface area contributed by atoms with Crippen LogP contribution in [0.1, 0.15) is 26.3 Å². The molecule has 0 saturated heterocycles. The lowest BCUT2D eigenvalue weighted by atomic mass is 10.1. The highest BCUT2D eigenvalue weighted by molar-refractivity contribution is 5.93. The van der Waals surface area contributed by atoms with E-state index in [2.05, 4.69) is 0 Å². The van der Waals surface area contributed by atoms with Gasteiger partial charge in [0.2, 0.25) is 5.91 Å². The molecule has 108 valence electrons. The summed E-state index contributed by atoms with van der Waals surface area (Å²) in [5.41, 5.74) is 12.2. The number of carboxylic acid groups (broad SMARTS) is 1. The molecule has 0 unspecified atom stereocenters. The molecular formula is C15H14N2O4. The van der Waals surface area contributed by atoms with E-state index in [1.165, 1.54) is 6.07 Å². The van der Waals surface area contributed by atoms with Gasteiger partial charge in [0.1, 0.15) is 12.2 Å². The maximum Gasteiger partial charge on any atom is 0.339 e.